The third-order valence-corrected chi connectivity index (χ3v) is 3.97. The van der Waals surface area contributed by atoms with Crippen LogP contribution in [0.15, 0.2) is 0 Å². The molecule has 0 radical (unpaired) electrons. The SMILES string of the molecule is CCC(CC)CN(CC)C(=O)C1CCC(CN)O1. The van der Waals surface area contributed by atoms with Crippen molar-refractivity contribution in [1.82, 2.24) is 4.90 Å². The topological polar surface area (TPSA) is 55.6 Å². The van der Waals surface area contributed by atoms with Crippen molar-refractivity contribution in [3.05, 3.63) is 0 Å². The zero-order chi connectivity index (χ0) is 13.5. The second kappa shape index (κ2) is 7.74. The van der Waals surface area contributed by atoms with Gasteiger partial charge in [-0.05, 0) is 25.7 Å². The first kappa shape index (κ1) is 15.4. The van der Waals surface area contributed by atoms with E-state index in [0.717, 1.165) is 38.8 Å². The summed E-state index contributed by atoms with van der Waals surface area (Å²) in [6.45, 7) is 8.54. The number of nitrogens with zero attached hydrogens (tertiary/aromatic N) is 1. The summed E-state index contributed by atoms with van der Waals surface area (Å²) in [5.41, 5.74) is 5.58. The van der Waals surface area contributed by atoms with E-state index in [1.807, 2.05) is 11.8 Å². The molecular formula is C14H28N2O2. The third-order valence-electron chi connectivity index (χ3n) is 3.97. The van der Waals surface area contributed by atoms with E-state index in [4.69, 9.17) is 10.5 Å². The van der Waals surface area contributed by atoms with E-state index in [0.29, 0.717) is 12.5 Å². The van der Waals surface area contributed by atoms with E-state index in [1.165, 1.54) is 0 Å². The molecule has 2 atom stereocenters. The van der Waals surface area contributed by atoms with Crippen LogP contribution in [-0.2, 0) is 9.53 Å². The van der Waals surface area contributed by atoms with Gasteiger partial charge in [0.05, 0.1) is 6.10 Å². The molecule has 0 saturated carbocycles. The highest BCUT2D eigenvalue weighted by Crippen LogP contribution is 2.21. The summed E-state index contributed by atoms with van der Waals surface area (Å²) >= 11 is 0. The fourth-order valence-corrected chi connectivity index (χ4v) is 2.50. The number of carbonyl (C=O) groups excluding carboxylic acids is 1. The highest BCUT2D eigenvalue weighted by molar-refractivity contribution is 5.81. The molecule has 4 heteroatoms. The lowest BCUT2D eigenvalue weighted by Crippen LogP contribution is -2.42. The Bertz CT molecular complexity index is 254. The van der Waals surface area contributed by atoms with Crippen LogP contribution in [0.4, 0.5) is 0 Å². The third kappa shape index (κ3) is 3.95. The first-order chi connectivity index (χ1) is 8.65. The molecule has 4 nitrogen and oxygen atoms in total. The number of ether oxygens (including phenoxy) is 1. The van der Waals surface area contributed by atoms with Crippen LogP contribution in [0.1, 0.15) is 46.5 Å². The van der Waals surface area contributed by atoms with Crippen LogP contribution in [-0.4, -0.2) is 42.6 Å². The quantitative estimate of drug-likeness (QED) is 0.755. The fourth-order valence-electron chi connectivity index (χ4n) is 2.50. The van der Waals surface area contributed by atoms with Crippen molar-refractivity contribution in [2.45, 2.75) is 58.7 Å². The Labute approximate surface area is 111 Å². The van der Waals surface area contributed by atoms with Crippen molar-refractivity contribution < 1.29 is 9.53 Å². The number of hydrogen-bond acceptors (Lipinski definition) is 3. The lowest BCUT2D eigenvalue weighted by molar-refractivity contribution is -0.143. The van der Waals surface area contributed by atoms with Crippen molar-refractivity contribution in [1.29, 1.82) is 0 Å². The summed E-state index contributed by atoms with van der Waals surface area (Å²) in [6.07, 6.45) is 3.79. The van der Waals surface area contributed by atoms with Gasteiger partial charge in [-0.2, -0.15) is 0 Å². The molecule has 1 rings (SSSR count). The molecule has 1 amide bonds. The van der Waals surface area contributed by atoms with E-state index in [1.54, 1.807) is 0 Å². The van der Waals surface area contributed by atoms with Crippen LogP contribution in [0.3, 0.4) is 0 Å². The van der Waals surface area contributed by atoms with Crippen LogP contribution in [0.5, 0.6) is 0 Å². The van der Waals surface area contributed by atoms with Crippen LogP contribution in [0.25, 0.3) is 0 Å². The smallest absolute Gasteiger partial charge is 0.251 e. The molecular weight excluding hydrogens is 228 g/mol. The molecule has 0 aromatic rings. The zero-order valence-electron chi connectivity index (χ0n) is 12.0. The largest absolute Gasteiger partial charge is 0.364 e. The molecule has 1 fully saturated rings. The lowest BCUT2D eigenvalue weighted by atomic mass is 10.0. The Kier molecular flexibility index (Phi) is 6.65. The van der Waals surface area contributed by atoms with Gasteiger partial charge in [0.25, 0.3) is 5.91 Å². The van der Waals surface area contributed by atoms with Crippen molar-refractivity contribution in [2.75, 3.05) is 19.6 Å². The summed E-state index contributed by atoms with van der Waals surface area (Å²) in [7, 11) is 0. The molecule has 0 bridgehead atoms. The summed E-state index contributed by atoms with van der Waals surface area (Å²) in [5, 5.41) is 0. The monoisotopic (exact) mass is 256 g/mol. The minimum Gasteiger partial charge on any atom is -0.364 e. The van der Waals surface area contributed by atoms with Gasteiger partial charge in [-0.1, -0.05) is 26.7 Å². The molecule has 1 saturated heterocycles. The summed E-state index contributed by atoms with van der Waals surface area (Å²) < 4.78 is 5.69. The molecule has 1 aliphatic heterocycles. The highest BCUT2D eigenvalue weighted by atomic mass is 16.5. The summed E-state index contributed by atoms with van der Waals surface area (Å²) in [6, 6.07) is 0. The molecule has 2 unspecified atom stereocenters. The second-order valence-electron chi connectivity index (χ2n) is 5.12. The van der Waals surface area contributed by atoms with Crippen molar-refractivity contribution in [2.24, 2.45) is 11.7 Å². The molecule has 18 heavy (non-hydrogen) atoms. The molecule has 106 valence electrons. The number of nitrogens with two attached hydrogens (primary N) is 1. The zero-order valence-corrected chi connectivity index (χ0v) is 12.0. The van der Waals surface area contributed by atoms with Gasteiger partial charge >= 0.3 is 0 Å². The van der Waals surface area contributed by atoms with Crippen molar-refractivity contribution in [3.63, 3.8) is 0 Å². The van der Waals surface area contributed by atoms with Gasteiger partial charge < -0.3 is 15.4 Å². The fraction of sp³-hybridized carbons (Fsp3) is 0.929. The first-order valence-electron chi connectivity index (χ1n) is 7.30. The maximum absolute atomic E-state index is 12.4. The van der Waals surface area contributed by atoms with Crippen molar-refractivity contribution in [3.8, 4) is 0 Å². The number of carbonyl (C=O) groups is 1. The van der Waals surface area contributed by atoms with Crippen molar-refractivity contribution >= 4 is 5.91 Å². The van der Waals surface area contributed by atoms with E-state index in [-0.39, 0.29) is 18.1 Å². The summed E-state index contributed by atoms with van der Waals surface area (Å²) in [5.74, 6) is 0.751. The molecule has 0 aromatic carbocycles. The Morgan fingerprint density at radius 3 is 2.44 bits per heavy atom. The first-order valence-corrected chi connectivity index (χ1v) is 7.30. The number of hydrogen-bond donors (Lipinski definition) is 1. The normalized spacial score (nSPS) is 23.6. The van der Waals surface area contributed by atoms with Crippen LogP contribution >= 0.6 is 0 Å². The molecule has 0 aromatic heterocycles. The van der Waals surface area contributed by atoms with Gasteiger partial charge in [-0.15, -0.1) is 0 Å². The van der Waals surface area contributed by atoms with E-state index >= 15 is 0 Å². The van der Waals surface area contributed by atoms with Gasteiger partial charge in [0.1, 0.15) is 6.10 Å². The maximum Gasteiger partial charge on any atom is 0.251 e. The van der Waals surface area contributed by atoms with Gasteiger partial charge in [0, 0.05) is 19.6 Å². The standard InChI is InChI=1S/C14H28N2O2/c1-4-11(5-2)10-16(6-3)14(17)13-8-7-12(9-15)18-13/h11-13H,4-10,15H2,1-3H3. The molecule has 1 heterocycles. The maximum atomic E-state index is 12.4. The molecule has 2 N–H and O–H groups in total. The minimum absolute atomic E-state index is 0.0748. The minimum atomic E-state index is -0.257. The second-order valence-corrected chi connectivity index (χ2v) is 5.12. The average Bonchev–Trinajstić information content (AvgIpc) is 2.88. The van der Waals surface area contributed by atoms with Gasteiger partial charge in [0.15, 0.2) is 0 Å². The number of likely N-dealkylation sites (N-methyl/N-ethyl adjacent to an activating group) is 1. The molecule has 0 spiro atoms. The molecule has 1 aliphatic rings. The Hall–Kier alpha value is -0.610. The summed E-state index contributed by atoms with van der Waals surface area (Å²) in [4.78, 5) is 14.3. The van der Waals surface area contributed by atoms with E-state index in [2.05, 4.69) is 13.8 Å². The van der Waals surface area contributed by atoms with Gasteiger partial charge in [0.2, 0.25) is 0 Å². The number of rotatable bonds is 7. The Balaban J connectivity index is 2.51. The van der Waals surface area contributed by atoms with E-state index < -0.39 is 0 Å². The van der Waals surface area contributed by atoms with Crippen LogP contribution in [0, 0.1) is 5.92 Å². The predicted octanol–water partition coefficient (Wildman–Crippen LogP) is 1.78. The van der Waals surface area contributed by atoms with Gasteiger partial charge in [-0.3, -0.25) is 4.79 Å². The predicted molar refractivity (Wildman–Crippen MR) is 73.3 cm³/mol. The van der Waals surface area contributed by atoms with Crippen LogP contribution < -0.4 is 5.73 Å². The average molecular weight is 256 g/mol. The Morgan fingerprint density at radius 1 is 1.33 bits per heavy atom. The highest BCUT2D eigenvalue weighted by Gasteiger charge is 2.32. The number of amides is 1. The molecule has 0 aliphatic carbocycles. The lowest BCUT2D eigenvalue weighted by Gasteiger charge is -2.27. The van der Waals surface area contributed by atoms with Gasteiger partial charge in [-0.25, -0.2) is 0 Å². The van der Waals surface area contributed by atoms with Crippen LogP contribution in [0.2, 0.25) is 0 Å². The van der Waals surface area contributed by atoms with E-state index in [9.17, 15) is 4.79 Å². The Morgan fingerprint density at radius 2 is 2.00 bits per heavy atom.